The van der Waals surface area contributed by atoms with Crippen LogP contribution in [0.15, 0.2) is 48.5 Å². The van der Waals surface area contributed by atoms with E-state index in [0.29, 0.717) is 12.2 Å². The van der Waals surface area contributed by atoms with Crippen LogP contribution in [-0.2, 0) is 4.79 Å². The van der Waals surface area contributed by atoms with Gasteiger partial charge >= 0.3 is 0 Å². The maximum atomic E-state index is 12.6. The summed E-state index contributed by atoms with van der Waals surface area (Å²) in [6.45, 7) is 3.84. The van der Waals surface area contributed by atoms with Crippen LogP contribution in [-0.4, -0.2) is 26.2 Å². The molecule has 2 atom stereocenters. The van der Waals surface area contributed by atoms with Gasteiger partial charge in [0.05, 0.1) is 20.3 Å². The van der Waals surface area contributed by atoms with Crippen LogP contribution in [0.3, 0.4) is 0 Å². The molecule has 0 aromatic heterocycles. The Balaban J connectivity index is 2.03. The Morgan fingerprint density at radius 1 is 1.00 bits per heavy atom. The van der Waals surface area contributed by atoms with Crippen LogP contribution in [0.2, 0.25) is 0 Å². The van der Waals surface area contributed by atoms with Crippen molar-refractivity contribution in [3.63, 3.8) is 0 Å². The molecule has 0 spiro atoms. The monoisotopic (exact) mass is 343 g/mol. The van der Waals surface area contributed by atoms with E-state index in [9.17, 15) is 4.79 Å². The number of methoxy groups -OCH3 is 2. The number of rotatable bonds is 8. The molecule has 0 saturated carbocycles. The maximum Gasteiger partial charge on any atom is 0.261 e. The Morgan fingerprint density at radius 2 is 1.64 bits per heavy atom. The number of nitrogens with one attached hydrogen (secondary N) is 1. The van der Waals surface area contributed by atoms with E-state index in [4.69, 9.17) is 14.2 Å². The molecule has 0 aliphatic heterocycles. The fraction of sp³-hybridized carbons (Fsp3) is 0.350. The quantitative estimate of drug-likeness (QED) is 0.793. The lowest BCUT2D eigenvalue weighted by molar-refractivity contribution is -0.128. The first-order valence-electron chi connectivity index (χ1n) is 8.33. The Kier molecular flexibility index (Phi) is 6.69. The number of para-hydroxylation sites is 1. The highest BCUT2D eigenvalue weighted by molar-refractivity contribution is 5.81. The molecule has 5 nitrogen and oxygen atoms in total. The zero-order valence-electron chi connectivity index (χ0n) is 15.1. The number of ether oxygens (including phenoxy) is 3. The second-order valence-corrected chi connectivity index (χ2v) is 5.66. The smallest absolute Gasteiger partial charge is 0.261 e. The molecule has 25 heavy (non-hydrogen) atoms. The Bertz CT molecular complexity index is 684. The van der Waals surface area contributed by atoms with E-state index in [1.165, 1.54) is 0 Å². The van der Waals surface area contributed by atoms with Gasteiger partial charge in [-0.3, -0.25) is 4.79 Å². The summed E-state index contributed by atoms with van der Waals surface area (Å²) in [7, 11) is 3.23. The van der Waals surface area contributed by atoms with Crippen molar-refractivity contribution in [2.75, 3.05) is 14.2 Å². The summed E-state index contributed by atoms with van der Waals surface area (Å²) in [5.74, 6) is 1.97. The van der Waals surface area contributed by atoms with Crippen LogP contribution in [0.5, 0.6) is 17.2 Å². The van der Waals surface area contributed by atoms with Crippen molar-refractivity contribution in [2.45, 2.75) is 32.4 Å². The molecule has 2 aromatic carbocycles. The molecule has 0 aliphatic carbocycles. The van der Waals surface area contributed by atoms with Crippen molar-refractivity contribution in [2.24, 2.45) is 0 Å². The standard InChI is InChI=1S/C20H25NO4/c1-5-18(25-16-12-10-15(23-3)11-13-16)20(22)21-14(2)17-8-6-7-9-19(17)24-4/h6-14,18H,5H2,1-4H3,(H,21,22)/t14-,18+/m0/s1. The van der Waals surface area contributed by atoms with Crippen LogP contribution in [0, 0.1) is 0 Å². The molecule has 0 fully saturated rings. The van der Waals surface area contributed by atoms with Gasteiger partial charge in [0.15, 0.2) is 6.10 Å². The van der Waals surface area contributed by atoms with E-state index < -0.39 is 6.10 Å². The summed E-state index contributed by atoms with van der Waals surface area (Å²) >= 11 is 0. The highest BCUT2D eigenvalue weighted by Gasteiger charge is 2.22. The molecule has 0 radical (unpaired) electrons. The largest absolute Gasteiger partial charge is 0.497 e. The van der Waals surface area contributed by atoms with Gasteiger partial charge in [0, 0.05) is 5.56 Å². The van der Waals surface area contributed by atoms with Crippen molar-refractivity contribution in [1.82, 2.24) is 5.32 Å². The fourth-order valence-corrected chi connectivity index (χ4v) is 2.55. The zero-order chi connectivity index (χ0) is 18.2. The van der Waals surface area contributed by atoms with Gasteiger partial charge in [0.25, 0.3) is 5.91 Å². The first-order chi connectivity index (χ1) is 12.1. The number of carbonyl (C=O) groups is 1. The molecule has 0 unspecified atom stereocenters. The predicted molar refractivity (Wildman–Crippen MR) is 97.3 cm³/mol. The van der Waals surface area contributed by atoms with Crippen molar-refractivity contribution >= 4 is 5.91 Å². The van der Waals surface area contributed by atoms with E-state index in [1.807, 2.05) is 38.1 Å². The maximum absolute atomic E-state index is 12.6. The third-order valence-electron chi connectivity index (χ3n) is 3.97. The van der Waals surface area contributed by atoms with Crippen molar-refractivity contribution in [1.29, 1.82) is 0 Å². The molecule has 2 aromatic rings. The number of carbonyl (C=O) groups excluding carboxylic acids is 1. The van der Waals surface area contributed by atoms with Gasteiger partial charge in [0.1, 0.15) is 17.2 Å². The topological polar surface area (TPSA) is 56.8 Å². The van der Waals surface area contributed by atoms with Crippen LogP contribution in [0.1, 0.15) is 31.9 Å². The first-order valence-corrected chi connectivity index (χ1v) is 8.33. The SMILES string of the molecule is CC[C@@H](Oc1ccc(OC)cc1)C(=O)N[C@@H](C)c1ccccc1OC. The van der Waals surface area contributed by atoms with Gasteiger partial charge < -0.3 is 19.5 Å². The highest BCUT2D eigenvalue weighted by atomic mass is 16.5. The van der Waals surface area contributed by atoms with E-state index in [2.05, 4.69) is 5.32 Å². The summed E-state index contributed by atoms with van der Waals surface area (Å²) in [5, 5.41) is 3.00. The molecule has 5 heteroatoms. The summed E-state index contributed by atoms with van der Waals surface area (Å²) in [5.41, 5.74) is 0.928. The highest BCUT2D eigenvalue weighted by Crippen LogP contribution is 2.25. The third kappa shape index (κ3) is 4.89. The van der Waals surface area contributed by atoms with Crippen LogP contribution in [0.25, 0.3) is 0 Å². The summed E-state index contributed by atoms with van der Waals surface area (Å²) < 4.78 is 16.3. The average Bonchev–Trinajstić information content (AvgIpc) is 2.66. The van der Waals surface area contributed by atoms with Crippen LogP contribution >= 0.6 is 0 Å². The minimum atomic E-state index is -0.564. The second kappa shape index (κ2) is 8.97. The third-order valence-corrected chi connectivity index (χ3v) is 3.97. The second-order valence-electron chi connectivity index (χ2n) is 5.66. The van der Waals surface area contributed by atoms with E-state index in [-0.39, 0.29) is 11.9 Å². The van der Waals surface area contributed by atoms with E-state index >= 15 is 0 Å². The Labute approximate surface area is 148 Å². The van der Waals surface area contributed by atoms with Gasteiger partial charge in [-0.05, 0) is 43.7 Å². The van der Waals surface area contributed by atoms with Gasteiger partial charge in [-0.15, -0.1) is 0 Å². The van der Waals surface area contributed by atoms with Crippen LogP contribution in [0.4, 0.5) is 0 Å². The molecular weight excluding hydrogens is 318 g/mol. The van der Waals surface area contributed by atoms with Gasteiger partial charge in [0.2, 0.25) is 0 Å². The molecular formula is C20H25NO4. The minimum Gasteiger partial charge on any atom is -0.497 e. The average molecular weight is 343 g/mol. The van der Waals surface area contributed by atoms with Crippen molar-refractivity contribution < 1.29 is 19.0 Å². The molecule has 1 amide bonds. The minimum absolute atomic E-state index is 0.156. The predicted octanol–water partition coefficient (Wildman–Crippen LogP) is 3.74. The lowest BCUT2D eigenvalue weighted by atomic mass is 10.1. The van der Waals surface area contributed by atoms with Gasteiger partial charge in [-0.25, -0.2) is 0 Å². The van der Waals surface area contributed by atoms with E-state index in [1.54, 1.807) is 38.5 Å². The summed E-state index contributed by atoms with van der Waals surface area (Å²) in [6, 6.07) is 14.6. The van der Waals surface area contributed by atoms with E-state index in [0.717, 1.165) is 17.1 Å². The van der Waals surface area contributed by atoms with Crippen molar-refractivity contribution in [3.8, 4) is 17.2 Å². The Morgan fingerprint density at radius 3 is 2.24 bits per heavy atom. The zero-order valence-corrected chi connectivity index (χ0v) is 15.1. The van der Waals surface area contributed by atoms with Crippen LogP contribution < -0.4 is 19.5 Å². The fourth-order valence-electron chi connectivity index (χ4n) is 2.55. The van der Waals surface area contributed by atoms with Gasteiger partial charge in [-0.1, -0.05) is 25.1 Å². The molecule has 0 aliphatic rings. The van der Waals surface area contributed by atoms with Gasteiger partial charge in [-0.2, -0.15) is 0 Å². The van der Waals surface area contributed by atoms with Crippen molar-refractivity contribution in [3.05, 3.63) is 54.1 Å². The number of hydrogen-bond acceptors (Lipinski definition) is 4. The summed E-state index contributed by atoms with van der Waals surface area (Å²) in [4.78, 5) is 12.6. The molecule has 0 heterocycles. The molecule has 1 N–H and O–H groups in total. The number of hydrogen-bond donors (Lipinski definition) is 1. The number of benzene rings is 2. The normalized spacial score (nSPS) is 12.8. The molecule has 2 rings (SSSR count). The Hall–Kier alpha value is -2.69. The lowest BCUT2D eigenvalue weighted by Crippen LogP contribution is -2.39. The molecule has 0 bridgehead atoms. The first kappa shape index (κ1) is 18.6. The molecule has 0 saturated heterocycles. The number of amides is 1. The summed E-state index contributed by atoms with van der Waals surface area (Å²) in [6.07, 6.45) is 0.00168. The lowest BCUT2D eigenvalue weighted by Gasteiger charge is -2.22. The molecule has 134 valence electrons.